The summed E-state index contributed by atoms with van der Waals surface area (Å²) in [6.07, 6.45) is 3.50. The van der Waals surface area contributed by atoms with Crippen molar-refractivity contribution in [1.82, 2.24) is 0 Å². The molecule has 0 saturated heterocycles. The zero-order chi connectivity index (χ0) is 30.2. The van der Waals surface area contributed by atoms with Gasteiger partial charge in [-0.15, -0.1) is 0 Å². The van der Waals surface area contributed by atoms with E-state index in [1.807, 2.05) is 48.6 Å². The van der Waals surface area contributed by atoms with E-state index in [4.69, 9.17) is 47.4 Å². The predicted octanol–water partition coefficient (Wildman–Crippen LogP) is 5.53. The van der Waals surface area contributed by atoms with Crippen LogP contribution >= 0.6 is 0 Å². The minimum atomic E-state index is -0.502. The fourth-order valence-corrected chi connectivity index (χ4v) is 4.98. The van der Waals surface area contributed by atoms with Crippen molar-refractivity contribution in [2.45, 2.75) is 18.6 Å². The van der Waals surface area contributed by atoms with E-state index in [-0.39, 0.29) is 6.10 Å². The highest BCUT2D eigenvalue weighted by atomic mass is 16.6. The van der Waals surface area contributed by atoms with Gasteiger partial charge in [0, 0.05) is 29.7 Å². The molecule has 1 aliphatic heterocycles. The summed E-state index contributed by atoms with van der Waals surface area (Å²) in [5, 5.41) is 0. The van der Waals surface area contributed by atoms with E-state index in [9.17, 15) is 0 Å². The molecule has 0 saturated carbocycles. The molecule has 3 aromatic carbocycles. The molecule has 0 N–H and O–H groups in total. The summed E-state index contributed by atoms with van der Waals surface area (Å²) in [6.45, 7) is 0.305. The predicted molar refractivity (Wildman–Crippen MR) is 158 cm³/mol. The number of rotatable bonds is 13. The summed E-state index contributed by atoms with van der Waals surface area (Å²) >= 11 is 0. The Morgan fingerprint density at radius 3 is 1.69 bits per heavy atom. The third kappa shape index (κ3) is 6.23. The summed E-state index contributed by atoms with van der Waals surface area (Å²) in [5.41, 5.74) is 2.56. The van der Waals surface area contributed by atoms with Gasteiger partial charge in [0.05, 0.1) is 63.5 Å². The van der Waals surface area contributed by atoms with Crippen molar-refractivity contribution in [3.63, 3.8) is 0 Å². The first kappa shape index (κ1) is 30.5. The van der Waals surface area contributed by atoms with Crippen LogP contribution in [0.2, 0.25) is 0 Å². The first-order valence-electron chi connectivity index (χ1n) is 13.2. The average molecular weight is 583 g/mol. The second-order valence-electron chi connectivity index (χ2n) is 9.24. The molecule has 2 atom stereocenters. The van der Waals surface area contributed by atoms with E-state index < -0.39 is 6.10 Å². The molecule has 0 spiro atoms. The average Bonchev–Trinajstić information content (AvgIpc) is 3.04. The number of hydrogen-bond acceptors (Lipinski definition) is 10. The Hall–Kier alpha value is -4.44. The molecule has 3 aromatic rings. The standard InChI is InChI=1S/C32H38O10/c1-33-21-16-23(34-2)22-18-29(41-11-9-10-19-12-25(35-3)31(39-7)26(13-19)36-4)30(42-24(22)17-21)20-14-27(37-5)32(40-8)28(15-20)38-6/h9-10,12-17,29-30H,11,18H2,1-8H3/b10-9+/t29-,30-/m1/s1. The number of hydrogen-bond donors (Lipinski definition) is 0. The van der Waals surface area contributed by atoms with Crippen LogP contribution in [0.1, 0.15) is 22.8 Å². The van der Waals surface area contributed by atoms with Gasteiger partial charge in [0.2, 0.25) is 11.5 Å². The van der Waals surface area contributed by atoms with Gasteiger partial charge in [-0.25, -0.2) is 0 Å². The third-order valence-corrected chi connectivity index (χ3v) is 7.01. The van der Waals surface area contributed by atoms with Crippen LogP contribution in [-0.4, -0.2) is 69.6 Å². The van der Waals surface area contributed by atoms with Gasteiger partial charge in [0.25, 0.3) is 0 Å². The van der Waals surface area contributed by atoms with Crippen LogP contribution in [0, 0.1) is 0 Å². The fourth-order valence-electron chi connectivity index (χ4n) is 4.98. The Labute approximate surface area is 246 Å². The Kier molecular flexibility index (Phi) is 10.1. The highest BCUT2D eigenvalue weighted by molar-refractivity contribution is 5.62. The second-order valence-corrected chi connectivity index (χ2v) is 9.24. The summed E-state index contributed by atoms with van der Waals surface area (Å²) in [6, 6.07) is 11.2. The lowest BCUT2D eigenvalue weighted by atomic mass is 9.93. The van der Waals surface area contributed by atoms with Gasteiger partial charge in [-0.3, -0.25) is 0 Å². The molecule has 0 unspecified atom stereocenters. The topological polar surface area (TPSA) is 92.3 Å². The Balaban J connectivity index is 1.67. The lowest BCUT2D eigenvalue weighted by molar-refractivity contribution is -0.0270. The van der Waals surface area contributed by atoms with Crippen LogP contribution in [0.4, 0.5) is 0 Å². The number of fused-ring (bicyclic) bond motifs is 1. The maximum absolute atomic E-state index is 6.58. The van der Waals surface area contributed by atoms with E-state index >= 15 is 0 Å². The molecular weight excluding hydrogens is 544 g/mol. The van der Waals surface area contributed by atoms with Crippen LogP contribution in [0.3, 0.4) is 0 Å². The molecule has 0 aromatic heterocycles. The van der Waals surface area contributed by atoms with Crippen molar-refractivity contribution in [1.29, 1.82) is 0 Å². The van der Waals surface area contributed by atoms with Crippen LogP contribution in [0.15, 0.2) is 42.5 Å². The molecule has 0 fully saturated rings. The molecule has 0 bridgehead atoms. The molecule has 1 heterocycles. The molecule has 4 rings (SSSR count). The minimum Gasteiger partial charge on any atom is -0.496 e. The first-order valence-corrected chi connectivity index (χ1v) is 13.2. The van der Waals surface area contributed by atoms with Gasteiger partial charge in [0.1, 0.15) is 23.4 Å². The number of benzene rings is 3. The highest BCUT2D eigenvalue weighted by Gasteiger charge is 2.35. The van der Waals surface area contributed by atoms with Crippen molar-refractivity contribution in [3.8, 4) is 51.7 Å². The Morgan fingerprint density at radius 2 is 1.19 bits per heavy atom. The maximum atomic E-state index is 6.58. The van der Waals surface area contributed by atoms with Crippen LogP contribution < -0.4 is 42.6 Å². The number of methoxy groups -OCH3 is 8. The van der Waals surface area contributed by atoms with E-state index in [0.29, 0.717) is 64.8 Å². The van der Waals surface area contributed by atoms with E-state index in [0.717, 1.165) is 16.7 Å². The van der Waals surface area contributed by atoms with Crippen molar-refractivity contribution in [2.24, 2.45) is 0 Å². The van der Waals surface area contributed by atoms with Gasteiger partial charge in [-0.2, -0.15) is 0 Å². The van der Waals surface area contributed by atoms with Gasteiger partial charge < -0.3 is 47.4 Å². The van der Waals surface area contributed by atoms with Crippen LogP contribution in [0.5, 0.6) is 51.7 Å². The van der Waals surface area contributed by atoms with Crippen LogP contribution in [0.25, 0.3) is 6.08 Å². The molecule has 0 radical (unpaired) electrons. The summed E-state index contributed by atoms with van der Waals surface area (Å²) in [5.74, 6) is 5.14. The summed E-state index contributed by atoms with van der Waals surface area (Å²) < 4.78 is 57.3. The largest absolute Gasteiger partial charge is 0.496 e. The molecule has 10 heteroatoms. The molecule has 226 valence electrons. The highest BCUT2D eigenvalue weighted by Crippen LogP contribution is 2.46. The SMILES string of the molecule is COc1cc(OC)c2c(c1)O[C@H](c1cc(OC)c(OC)c(OC)c1)[C@H](OC/C=C/c1cc(OC)c(OC)c(OC)c1)C2. The lowest BCUT2D eigenvalue weighted by Crippen LogP contribution is -2.33. The van der Waals surface area contributed by atoms with Crippen molar-refractivity contribution in [3.05, 3.63) is 59.2 Å². The first-order chi connectivity index (χ1) is 20.4. The molecule has 0 aliphatic carbocycles. The van der Waals surface area contributed by atoms with E-state index in [1.54, 1.807) is 56.9 Å². The van der Waals surface area contributed by atoms with Crippen molar-refractivity contribution < 1.29 is 47.4 Å². The summed E-state index contributed by atoms with van der Waals surface area (Å²) in [7, 11) is 12.7. The van der Waals surface area contributed by atoms with Crippen molar-refractivity contribution in [2.75, 3.05) is 63.5 Å². The number of ether oxygens (including phenoxy) is 10. The third-order valence-electron chi connectivity index (χ3n) is 7.01. The van der Waals surface area contributed by atoms with Gasteiger partial charge in [0.15, 0.2) is 29.1 Å². The smallest absolute Gasteiger partial charge is 0.203 e. The fraction of sp³-hybridized carbons (Fsp3) is 0.375. The van der Waals surface area contributed by atoms with E-state index in [1.165, 1.54) is 0 Å². The molecule has 42 heavy (non-hydrogen) atoms. The Bertz CT molecular complexity index is 1350. The molecular formula is C32H38O10. The second kappa shape index (κ2) is 14.0. The maximum Gasteiger partial charge on any atom is 0.203 e. The van der Waals surface area contributed by atoms with Gasteiger partial charge in [-0.05, 0) is 29.8 Å². The van der Waals surface area contributed by atoms with Crippen molar-refractivity contribution >= 4 is 6.08 Å². The van der Waals surface area contributed by atoms with Gasteiger partial charge in [-0.1, -0.05) is 12.2 Å². The quantitative estimate of drug-likeness (QED) is 0.256. The zero-order valence-corrected chi connectivity index (χ0v) is 25.3. The zero-order valence-electron chi connectivity index (χ0n) is 25.3. The monoisotopic (exact) mass is 582 g/mol. The molecule has 10 nitrogen and oxygen atoms in total. The Morgan fingerprint density at radius 1 is 0.643 bits per heavy atom. The van der Waals surface area contributed by atoms with Gasteiger partial charge >= 0.3 is 0 Å². The van der Waals surface area contributed by atoms with E-state index in [2.05, 4.69) is 0 Å². The summed E-state index contributed by atoms with van der Waals surface area (Å²) in [4.78, 5) is 0. The minimum absolute atomic E-state index is 0.305. The lowest BCUT2D eigenvalue weighted by Gasteiger charge is -2.35. The molecule has 0 amide bonds. The normalized spacial score (nSPS) is 15.8. The molecule has 1 aliphatic rings. The van der Waals surface area contributed by atoms with Crippen LogP contribution in [-0.2, 0) is 11.2 Å².